The van der Waals surface area contributed by atoms with E-state index >= 15 is 0 Å². The molecule has 1 aromatic rings. The largest absolute Gasteiger partial charge is 0.465 e. The summed E-state index contributed by atoms with van der Waals surface area (Å²) < 4.78 is 13.2. The lowest BCUT2D eigenvalue weighted by molar-refractivity contribution is 0.00578. The van der Waals surface area contributed by atoms with Crippen molar-refractivity contribution in [2.24, 2.45) is 0 Å². The molecule has 1 aliphatic heterocycles. The average Bonchev–Trinajstić information content (AvgIpc) is 3.23. The summed E-state index contributed by atoms with van der Waals surface area (Å²) in [5.74, 6) is 0.221. The first-order valence-electron chi connectivity index (χ1n) is 7.84. The van der Waals surface area contributed by atoms with Crippen LogP contribution >= 0.6 is 15.9 Å². The predicted octanol–water partition coefficient (Wildman–Crippen LogP) is 5.35. The van der Waals surface area contributed by atoms with Crippen LogP contribution in [0.2, 0.25) is 0 Å². The lowest BCUT2D eigenvalue weighted by atomic mass is 9.69. The van der Waals surface area contributed by atoms with E-state index in [1.54, 1.807) is 0 Å². The first kappa shape index (κ1) is 17.0. The lowest BCUT2D eigenvalue weighted by Gasteiger charge is -2.32. The smallest absolute Gasteiger partial charge is 0.403 e. The second-order valence-corrected chi connectivity index (χ2v) is 7.94. The molecule has 1 aliphatic carbocycles. The third-order valence-corrected chi connectivity index (χ3v) is 4.96. The summed E-state index contributed by atoms with van der Waals surface area (Å²) in [5, 5.41) is 0. The molecule has 2 nitrogen and oxygen atoms in total. The van der Waals surface area contributed by atoms with Gasteiger partial charge in [-0.1, -0.05) is 54.2 Å². The Kier molecular flexibility index (Phi) is 5.22. The van der Waals surface area contributed by atoms with Crippen molar-refractivity contribution in [1.82, 2.24) is 0 Å². The average molecular weight is 353 g/mol. The minimum Gasteiger partial charge on any atom is -0.403 e. The van der Waals surface area contributed by atoms with Gasteiger partial charge < -0.3 is 9.31 Å². The molecule has 21 heavy (non-hydrogen) atoms. The number of benzene rings is 1. The first-order valence-corrected chi connectivity index (χ1v) is 8.63. The molecule has 1 unspecified atom stereocenters. The quantitative estimate of drug-likeness (QED) is 0.667. The second kappa shape index (κ2) is 6.43. The molecule has 0 spiro atoms. The SMILES string of the molecule is C1CC1.CC(B1OC(C)(C)C(C)(C)O1)c1ccc(Br)cc1. The maximum atomic E-state index is 6.08. The van der Waals surface area contributed by atoms with Crippen molar-refractivity contribution < 1.29 is 9.31 Å². The Hall–Kier alpha value is -0.315. The number of hydrogen-bond donors (Lipinski definition) is 0. The van der Waals surface area contributed by atoms with Crippen molar-refractivity contribution in [3.05, 3.63) is 34.3 Å². The summed E-state index contributed by atoms with van der Waals surface area (Å²) in [4.78, 5) is 0. The molecule has 0 aromatic heterocycles. The van der Waals surface area contributed by atoms with Gasteiger partial charge in [0.15, 0.2) is 0 Å². The molecule has 0 radical (unpaired) electrons. The number of rotatable bonds is 2. The lowest BCUT2D eigenvalue weighted by Crippen LogP contribution is -2.41. The fraction of sp³-hybridized carbons (Fsp3) is 0.647. The summed E-state index contributed by atoms with van der Waals surface area (Å²) in [6, 6.07) is 8.33. The van der Waals surface area contributed by atoms with E-state index in [-0.39, 0.29) is 24.1 Å². The molecule has 0 N–H and O–H groups in total. The minimum atomic E-state index is -0.263. The molecule has 3 rings (SSSR count). The van der Waals surface area contributed by atoms with E-state index in [1.165, 1.54) is 24.8 Å². The van der Waals surface area contributed by atoms with Crippen molar-refractivity contribution in [1.29, 1.82) is 0 Å². The van der Waals surface area contributed by atoms with E-state index in [4.69, 9.17) is 9.31 Å². The maximum absolute atomic E-state index is 6.08. The van der Waals surface area contributed by atoms with E-state index in [9.17, 15) is 0 Å². The van der Waals surface area contributed by atoms with Crippen molar-refractivity contribution in [3.63, 3.8) is 0 Å². The van der Waals surface area contributed by atoms with Crippen LogP contribution in [-0.4, -0.2) is 18.3 Å². The zero-order valence-electron chi connectivity index (χ0n) is 13.8. The van der Waals surface area contributed by atoms with Crippen LogP contribution in [0.3, 0.4) is 0 Å². The zero-order chi connectivity index (χ0) is 15.7. The summed E-state index contributed by atoms with van der Waals surface area (Å²) >= 11 is 3.45. The highest BCUT2D eigenvalue weighted by Gasteiger charge is 2.52. The minimum absolute atomic E-state index is 0.184. The Morgan fingerprint density at radius 1 is 0.952 bits per heavy atom. The Morgan fingerprint density at radius 2 is 1.38 bits per heavy atom. The van der Waals surface area contributed by atoms with Gasteiger partial charge in [0.1, 0.15) is 0 Å². The van der Waals surface area contributed by atoms with Gasteiger partial charge in [0.05, 0.1) is 11.2 Å². The molecule has 2 aliphatic rings. The maximum Gasteiger partial charge on any atom is 0.465 e. The molecule has 1 atom stereocenters. The van der Waals surface area contributed by atoms with Crippen LogP contribution in [0, 0.1) is 0 Å². The predicted molar refractivity (Wildman–Crippen MR) is 92.5 cm³/mol. The highest BCUT2D eigenvalue weighted by Crippen LogP contribution is 2.40. The molecule has 0 bridgehead atoms. The molecular weight excluding hydrogens is 327 g/mol. The molecular formula is C17H26BBrO2. The Bertz CT molecular complexity index is 449. The van der Waals surface area contributed by atoms with Crippen LogP contribution < -0.4 is 0 Å². The molecule has 1 heterocycles. The highest BCUT2D eigenvalue weighted by molar-refractivity contribution is 9.10. The number of halogens is 1. The fourth-order valence-electron chi connectivity index (χ4n) is 2.02. The van der Waals surface area contributed by atoms with Gasteiger partial charge in [-0.25, -0.2) is 0 Å². The zero-order valence-corrected chi connectivity index (χ0v) is 15.4. The summed E-state index contributed by atoms with van der Waals surface area (Å²) in [6.45, 7) is 10.5. The molecule has 116 valence electrons. The first-order chi connectivity index (χ1) is 9.73. The molecule has 0 amide bonds. The fourth-order valence-corrected chi connectivity index (χ4v) is 2.28. The van der Waals surface area contributed by atoms with Crippen LogP contribution in [0.4, 0.5) is 0 Å². The van der Waals surface area contributed by atoms with E-state index in [0.717, 1.165) is 4.47 Å². The second-order valence-electron chi connectivity index (χ2n) is 7.03. The van der Waals surface area contributed by atoms with E-state index in [1.807, 2.05) is 0 Å². The van der Waals surface area contributed by atoms with Gasteiger partial charge in [-0.2, -0.15) is 0 Å². The van der Waals surface area contributed by atoms with Crippen LogP contribution in [0.15, 0.2) is 28.7 Å². The van der Waals surface area contributed by atoms with Crippen molar-refractivity contribution in [2.45, 2.75) is 70.9 Å². The third kappa shape index (κ3) is 4.34. The summed E-state index contributed by atoms with van der Waals surface area (Å²) in [6.07, 6.45) is 4.50. The monoisotopic (exact) mass is 352 g/mol. The summed E-state index contributed by atoms with van der Waals surface area (Å²) in [5.41, 5.74) is 0.708. The van der Waals surface area contributed by atoms with Crippen LogP contribution in [0.5, 0.6) is 0 Å². The molecule has 1 saturated carbocycles. The van der Waals surface area contributed by atoms with Crippen molar-refractivity contribution in [3.8, 4) is 0 Å². The standard InChI is InChI=1S/C14H20BBrO2.C3H6/c1-10(11-6-8-12(16)9-7-11)15-17-13(2,3)14(4,5)18-15;1-2-3-1/h6-10H,1-5H3;1-3H2. The van der Waals surface area contributed by atoms with Gasteiger partial charge in [0.2, 0.25) is 0 Å². The Balaban J connectivity index is 0.000000477. The van der Waals surface area contributed by atoms with E-state index in [0.29, 0.717) is 0 Å². The van der Waals surface area contributed by atoms with Crippen LogP contribution in [0.25, 0.3) is 0 Å². The van der Waals surface area contributed by atoms with Crippen molar-refractivity contribution >= 4 is 23.0 Å². The van der Waals surface area contributed by atoms with E-state index < -0.39 is 0 Å². The molecule has 1 saturated heterocycles. The molecule has 2 fully saturated rings. The van der Waals surface area contributed by atoms with E-state index in [2.05, 4.69) is 74.8 Å². The van der Waals surface area contributed by atoms with Crippen LogP contribution in [0.1, 0.15) is 65.3 Å². The molecule has 1 aromatic carbocycles. The van der Waals surface area contributed by atoms with Gasteiger partial charge in [-0.3, -0.25) is 0 Å². The van der Waals surface area contributed by atoms with Gasteiger partial charge in [-0.05, 0) is 45.4 Å². The highest BCUT2D eigenvalue weighted by atomic mass is 79.9. The summed E-state index contributed by atoms with van der Waals surface area (Å²) in [7, 11) is -0.184. The van der Waals surface area contributed by atoms with Gasteiger partial charge in [-0.15, -0.1) is 0 Å². The topological polar surface area (TPSA) is 18.5 Å². The Morgan fingerprint density at radius 3 is 1.76 bits per heavy atom. The number of hydrogen-bond acceptors (Lipinski definition) is 2. The van der Waals surface area contributed by atoms with Gasteiger partial charge in [0, 0.05) is 10.3 Å². The Labute approximate surface area is 137 Å². The third-order valence-electron chi connectivity index (χ3n) is 4.43. The van der Waals surface area contributed by atoms with Gasteiger partial charge in [0.25, 0.3) is 0 Å². The van der Waals surface area contributed by atoms with Crippen LogP contribution in [-0.2, 0) is 9.31 Å². The molecule has 4 heteroatoms. The van der Waals surface area contributed by atoms with Gasteiger partial charge >= 0.3 is 7.12 Å². The normalized spacial score (nSPS) is 23.2. The van der Waals surface area contributed by atoms with Crippen molar-refractivity contribution in [2.75, 3.05) is 0 Å².